The second kappa shape index (κ2) is 5.42. The van der Waals surface area contributed by atoms with E-state index in [-0.39, 0.29) is 5.91 Å². The summed E-state index contributed by atoms with van der Waals surface area (Å²) in [5.74, 6) is -0.389. The van der Waals surface area contributed by atoms with Crippen LogP contribution in [-0.4, -0.2) is 28.7 Å². The van der Waals surface area contributed by atoms with Crippen LogP contribution < -0.4 is 5.32 Å². The first-order valence-electron chi connectivity index (χ1n) is 6.03. The lowest BCUT2D eigenvalue weighted by molar-refractivity contribution is -0.130. The van der Waals surface area contributed by atoms with E-state index >= 15 is 0 Å². The van der Waals surface area contributed by atoms with Crippen LogP contribution in [0.1, 0.15) is 25.8 Å². The van der Waals surface area contributed by atoms with Gasteiger partial charge in [-0.3, -0.25) is 4.79 Å². The van der Waals surface area contributed by atoms with Gasteiger partial charge in [-0.2, -0.15) is 5.10 Å². The zero-order chi connectivity index (χ0) is 14.9. The summed E-state index contributed by atoms with van der Waals surface area (Å²) in [7, 11) is 0. The van der Waals surface area contributed by atoms with E-state index in [0.29, 0.717) is 22.0 Å². The summed E-state index contributed by atoms with van der Waals surface area (Å²) in [6.45, 7) is 3.48. The molecule has 0 radical (unpaired) electrons. The molecule has 0 saturated carbocycles. The molecule has 5 nitrogen and oxygen atoms in total. The predicted molar refractivity (Wildman–Crippen MR) is 78.1 cm³/mol. The molecular weight excluding hydrogens is 301 g/mol. The fourth-order valence-corrected chi connectivity index (χ4v) is 2.11. The third kappa shape index (κ3) is 2.51. The number of urea groups is 1. The Morgan fingerprint density at radius 2 is 2.10 bits per heavy atom. The maximum atomic E-state index is 12.1. The Hall–Kier alpha value is -1.59. The highest BCUT2D eigenvalue weighted by atomic mass is 35.5. The summed E-state index contributed by atoms with van der Waals surface area (Å²) >= 11 is 11.9. The van der Waals surface area contributed by atoms with Crippen LogP contribution in [0.25, 0.3) is 0 Å². The van der Waals surface area contributed by atoms with E-state index in [1.54, 1.807) is 25.1 Å². The lowest BCUT2D eigenvalue weighted by Crippen LogP contribution is -2.42. The van der Waals surface area contributed by atoms with Gasteiger partial charge >= 0.3 is 6.03 Å². The van der Waals surface area contributed by atoms with E-state index in [4.69, 9.17) is 23.2 Å². The minimum Gasteiger partial charge on any atom is -0.322 e. The van der Waals surface area contributed by atoms with Gasteiger partial charge in [0, 0.05) is 5.56 Å². The molecule has 2 rings (SSSR count). The molecule has 0 aliphatic carbocycles. The van der Waals surface area contributed by atoms with Gasteiger partial charge in [0.15, 0.2) is 0 Å². The smallest absolute Gasteiger partial charge is 0.322 e. The van der Waals surface area contributed by atoms with E-state index < -0.39 is 11.6 Å². The number of carbonyl (C=O) groups excluding carboxylic acids is 2. The van der Waals surface area contributed by atoms with E-state index in [1.807, 2.05) is 6.92 Å². The molecule has 1 unspecified atom stereocenters. The average Bonchev–Trinajstić information content (AvgIpc) is 2.63. The first-order chi connectivity index (χ1) is 9.39. The Morgan fingerprint density at radius 3 is 2.70 bits per heavy atom. The predicted octanol–water partition coefficient (Wildman–Crippen LogP) is 3.05. The van der Waals surface area contributed by atoms with Gasteiger partial charge in [0.2, 0.25) is 0 Å². The summed E-state index contributed by atoms with van der Waals surface area (Å²) < 4.78 is 0. The molecule has 20 heavy (non-hydrogen) atoms. The molecule has 3 amide bonds. The third-order valence-electron chi connectivity index (χ3n) is 3.24. The first-order valence-corrected chi connectivity index (χ1v) is 6.79. The summed E-state index contributed by atoms with van der Waals surface area (Å²) in [6.07, 6.45) is 1.83. The van der Waals surface area contributed by atoms with Crippen LogP contribution in [0.15, 0.2) is 23.3 Å². The maximum absolute atomic E-state index is 12.1. The highest BCUT2D eigenvalue weighted by Gasteiger charge is 2.46. The number of halogens is 2. The summed E-state index contributed by atoms with van der Waals surface area (Å²) in [5, 5.41) is 8.02. The van der Waals surface area contributed by atoms with Gasteiger partial charge < -0.3 is 5.32 Å². The average molecular weight is 314 g/mol. The molecule has 0 bridgehead atoms. The van der Waals surface area contributed by atoms with Crippen LogP contribution in [0.2, 0.25) is 10.0 Å². The van der Waals surface area contributed by atoms with E-state index in [2.05, 4.69) is 10.4 Å². The van der Waals surface area contributed by atoms with Crippen molar-refractivity contribution < 1.29 is 9.59 Å². The highest BCUT2D eigenvalue weighted by molar-refractivity contribution is 6.43. The second-order valence-electron chi connectivity index (χ2n) is 4.62. The second-order valence-corrected chi connectivity index (χ2v) is 5.41. The Labute approximate surface area is 126 Å². The normalized spacial score (nSPS) is 22.7. The first kappa shape index (κ1) is 14.8. The molecule has 0 aromatic heterocycles. The van der Waals surface area contributed by atoms with Crippen LogP contribution in [0, 0.1) is 0 Å². The largest absolute Gasteiger partial charge is 0.346 e. The Morgan fingerprint density at radius 1 is 1.40 bits per heavy atom. The van der Waals surface area contributed by atoms with E-state index in [1.165, 1.54) is 6.21 Å². The van der Waals surface area contributed by atoms with Crippen LogP contribution in [0.5, 0.6) is 0 Å². The fourth-order valence-electron chi connectivity index (χ4n) is 1.75. The number of amides is 3. The third-order valence-corrected chi connectivity index (χ3v) is 4.07. The SMILES string of the molecule is CCC1(C)NC(=O)N(/N=C/c2cccc(Cl)c2Cl)C1=O. The van der Waals surface area contributed by atoms with E-state index in [9.17, 15) is 9.59 Å². The van der Waals surface area contributed by atoms with Gasteiger partial charge in [0.1, 0.15) is 5.54 Å². The number of imide groups is 1. The lowest BCUT2D eigenvalue weighted by Gasteiger charge is -2.17. The molecule has 1 aliphatic heterocycles. The number of hydrazone groups is 1. The van der Waals surface area contributed by atoms with Crippen molar-refractivity contribution in [1.82, 2.24) is 10.3 Å². The molecular formula is C13H13Cl2N3O2. The van der Waals surface area contributed by atoms with Gasteiger partial charge in [-0.1, -0.05) is 42.3 Å². The minimum atomic E-state index is -0.910. The zero-order valence-corrected chi connectivity index (χ0v) is 12.5. The molecule has 1 aromatic rings. The van der Waals surface area contributed by atoms with Gasteiger partial charge in [-0.15, -0.1) is 5.01 Å². The molecule has 106 valence electrons. The monoisotopic (exact) mass is 313 g/mol. The minimum absolute atomic E-state index is 0.322. The fraction of sp³-hybridized carbons (Fsp3) is 0.308. The van der Waals surface area contributed by atoms with Crippen LogP contribution >= 0.6 is 23.2 Å². The van der Waals surface area contributed by atoms with Crippen LogP contribution in [-0.2, 0) is 4.79 Å². The quantitative estimate of drug-likeness (QED) is 0.688. The van der Waals surface area contributed by atoms with Crippen molar-refractivity contribution in [1.29, 1.82) is 0 Å². The van der Waals surface area contributed by atoms with Crippen molar-refractivity contribution in [2.24, 2.45) is 5.10 Å². The molecule has 1 heterocycles. The number of nitrogens with zero attached hydrogens (tertiary/aromatic N) is 2. The Kier molecular flexibility index (Phi) is 4.01. The van der Waals surface area contributed by atoms with Crippen molar-refractivity contribution in [2.75, 3.05) is 0 Å². The molecule has 1 fully saturated rings. The van der Waals surface area contributed by atoms with Crippen molar-refractivity contribution in [3.8, 4) is 0 Å². The summed E-state index contributed by atoms with van der Waals surface area (Å²) in [4.78, 5) is 23.9. The molecule has 1 N–H and O–H groups in total. The van der Waals surface area contributed by atoms with Gasteiger partial charge in [-0.05, 0) is 19.4 Å². The van der Waals surface area contributed by atoms with Gasteiger partial charge in [-0.25, -0.2) is 4.79 Å². The molecule has 1 aliphatic rings. The number of rotatable bonds is 3. The van der Waals surface area contributed by atoms with Crippen LogP contribution in [0.4, 0.5) is 4.79 Å². The Balaban J connectivity index is 2.26. The molecule has 1 aromatic carbocycles. The topological polar surface area (TPSA) is 61.8 Å². The number of benzene rings is 1. The lowest BCUT2D eigenvalue weighted by atomic mass is 10.00. The van der Waals surface area contributed by atoms with Gasteiger partial charge in [0.25, 0.3) is 5.91 Å². The molecule has 1 saturated heterocycles. The summed E-state index contributed by atoms with van der Waals surface area (Å²) in [5.41, 5.74) is -0.378. The maximum Gasteiger partial charge on any atom is 0.346 e. The molecule has 7 heteroatoms. The van der Waals surface area contributed by atoms with Crippen molar-refractivity contribution >= 4 is 41.4 Å². The van der Waals surface area contributed by atoms with Crippen LogP contribution in [0.3, 0.4) is 0 Å². The zero-order valence-electron chi connectivity index (χ0n) is 11.0. The van der Waals surface area contributed by atoms with Crippen molar-refractivity contribution in [3.05, 3.63) is 33.8 Å². The van der Waals surface area contributed by atoms with E-state index in [0.717, 1.165) is 5.01 Å². The number of nitrogens with one attached hydrogen (secondary N) is 1. The van der Waals surface area contributed by atoms with Crippen molar-refractivity contribution in [3.63, 3.8) is 0 Å². The number of hydrogen-bond donors (Lipinski definition) is 1. The number of hydrogen-bond acceptors (Lipinski definition) is 3. The summed E-state index contributed by atoms with van der Waals surface area (Å²) in [6, 6.07) is 4.49. The molecule has 0 spiro atoms. The van der Waals surface area contributed by atoms with Gasteiger partial charge in [0.05, 0.1) is 16.3 Å². The standard InChI is InChI=1S/C13H13Cl2N3O2/c1-3-13(2)11(19)18(12(20)17-13)16-7-8-5-4-6-9(14)10(8)15/h4-7H,3H2,1-2H3,(H,17,20)/b16-7+. The Bertz CT molecular complexity index is 603. The highest BCUT2D eigenvalue weighted by Crippen LogP contribution is 2.25. The van der Waals surface area contributed by atoms with Crippen molar-refractivity contribution in [2.45, 2.75) is 25.8 Å². The number of carbonyl (C=O) groups is 2. The molecule has 1 atom stereocenters.